The number of ether oxygens (including phenoxy) is 1. The van der Waals surface area contributed by atoms with E-state index in [-0.39, 0.29) is 16.8 Å². The molecule has 0 spiro atoms. The van der Waals surface area contributed by atoms with E-state index in [0.29, 0.717) is 24.8 Å². The Bertz CT molecular complexity index is 775. The highest BCUT2D eigenvalue weighted by Crippen LogP contribution is 2.21. The van der Waals surface area contributed by atoms with Gasteiger partial charge in [0.1, 0.15) is 18.2 Å². The monoisotopic (exact) mass is 366 g/mol. The minimum absolute atomic E-state index is 0.0501. The lowest BCUT2D eigenvalue weighted by atomic mass is 9.96. The smallest absolute Gasteiger partial charge is 0.238 e. The van der Waals surface area contributed by atoms with Gasteiger partial charge in [0.15, 0.2) is 0 Å². The molecule has 0 saturated heterocycles. The van der Waals surface area contributed by atoms with E-state index in [0.717, 1.165) is 5.56 Å². The molecule has 0 amide bonds. The highest BCUT2D eigenvalue weighted by molar-refractivity contribution is 7.89. The first-order valence-corrected chi connectivity index (χ1v) is 9.56. The Morgan fingerprint density at radius 1 is 1.08 bits per heavy atom. The van der Waals surface area contributed by atoms with Gasteiger partial charge < -0.3 is 10.1 Å². The normalized spacial score (nSPS) is 13.0. The predicted molar refractivity (Wildman–Crippen MR) is 95.3 cm³/mol. The van der Waals surface area contributed by atoms with Crippen LogP contribution in [0.25, 0.3) is 0 Å². The molecule has 0 heterocycles. The van der Waals surface area contributed by atoms with Crippen molar-refractivity contribution in [3.8, 4) is 5.75 Å². The summed E-state index contributed by atoms with van der Waals surface area (Å²) < 4.78 is 41.1. The van der Waals surface area contributed by atoms with Gasteiger partial charge in [0.25, 0.3) is 0 Å². The molecule has 0 aliphatic carbocycles. The van der Waals surface area contributed by atoms with Crippen molar-refractivity contribution in [2.45, 2.75) is 24.8 Å². The van der Waals surface area contributed by atoms with E-state index in [9.17, 15) is 12.8 Å². The number of primary sulfonamides is 1. The van der Waals surface area contributed by atoms with E-state index in [2.05, 4.69) is 19.2 Å². The molecule has 7 heteroatoms. The molecule has 0 saturated carbocycles. The summed E-state index contributed by atoms with van der Waals surface area (Å²) in [4.78, 5) is 0.0501. The summed E-state index contributed by atoms with van der Waals surface area (Å²) in [7, 11) is -3.69. The molecule has 0 radical (unpaired) electrons. The molecule has 2 aromatic rings. The minimum atomic E-state index is -3.69. The fourth-order valence-electron chi connectivity index (χ4n) is 2.52. The number of hydrogen-bond donors (Lipinski definition) is 2. The van der Waals surface area contributed by atoms with Gasteiger partial charge >= 0.3 is 0 Å². The molecule has 25 heavy (non-hydrogen) atoms. The standard InChI is InChI=1S/C18H23FN2O3S/c1-13(2)18(14-3-5-15(19)6-4-14)21-11-12-24-16-7-9-17(10-8-16)25(20,22)23/h3-10,13,18,21H,11-12H2,1-2H3,(H2,20,22,23). The first-order chi connectivity index (χ1) is 11.8. The van der Waals surface area contributed by atoms with Crippen molar-refractivity contribution in [1.82, 2.24) is 5.32 Å². The fourth-order valence-corrected chi connectivity index (χ4v) is 3.03. The molecule has 0 aliphatic rings. The van der Waals surface area contributed by atoms with E-state index in [4.69, 9.17) is 9.88 Å². The van der Waals surface area contributed by atoms with Crippen molar-refractivity contribution in [1.29, 1.82) is 0 Å². The lowest BCUT2D eigenvalue weighted by Crippen LogP contribution is -2.29. The number of halogens is 1. The maximum absolute atomic E-state index is 13.1. The van der Waals surface area contributed by atoms with Crippen LogP contribution in [0.1, 0.15) is 25.5 Å². The van der Waals surface area contributed by atoms with E-state index in [1.165, 1.54) is 24.3 Å². The third-order valence-electron chi connectivity index (χ3n) is 3.78. The highest BCUT2D eigenvalue weighted by atomic mass is 32.2. The van der Waals surface area contributed by atoms with Gasteiger partial charge in [-0.15, -0.1) is 0 Å². The van der Waals surface area contributed by atoms with Crippen LogP contribution in [0.5, 0.6) is 5.75 Å². The summed E-state index contributed by atoms with van der Waals surface area (Å²) in [6.07, 6.45) is 0. The Hall–Kier alpha value is -1.96. The summed E-state index contributed by atoms with van der Waals surface area (Å²) in [5, 5.41) is 8.45. The maximum Gasteiger partial charge on any atom is 0.238 e. The predicted octanol–water partition coefficient (Wildman–Crippen LogP) is 2.84. The van der Waals surface area contributed by atoms with Crippen molar-refractivity contribution in [2.75, 3.05) is 13.2 Å². The van der Waals surface area contributed by atoms with E-state index in [1.807, 2.05) is 0 Å². The Morgan fingerprint density at radius 2 is 1.68 bits per heavy atom. The summed E-state index contributed by atoms with van der Waals surface area (Å²) in [5.41, 5.74) is 1.02. The lowest BCUT2D eigenvalue weighted by molar-refractivity contribution is 0.293. The largest absolute Gasteiger partial charge is 0.492 e. The molecule has 3 N–H and O–H groups in total. The van der Waals surface area contributed by atoms with E-state index < -0.39 is 10.0 Å². The Labute approximate surface area is 148 Å². The number of benzene rings is 2. The summed E-state index contributed by atoms with van der Waals surface area (Å²) in [6.45, 7) is 5.19. The fraction of sp³-hybridized carbons (Fsp3) is 0.333. The quantitative estimate of drug-likeness (QED) is 0.704. The molecule has 0 aromatic heterocycles. The molecule has 0 aliphatic heterocycles. The van der Waals surface area contributed by atoms with Crippen molar-refractivity contribution < 1.29 is 17.5 Å². The third kappa shape index (κ3) is 5.81. The Morgan fingerprint density at radius 3 is 2.20 bits per heavy atom. The zero-order valence-corrected chi connectivity index (χ0v) is 15.1. The van der Waals surface area contributed by atoms with Crippen molar-refractivity contribution in [3.63, 3.8) is 0 Å². The van der Waals surface area contributed by atoms with Crippen molar-refractivity contribution in [2.24, 2.45) is 11.1 Å². The molecule has 2 rings (SSSR count). The second-order valence-corrected chi connectivity index (χ2v) is 7.65. The van der Waals surface area contributed by atoms with Gasteiger partial charge in [0.05, 0.1) is 4.90 Å². The van der Waals surface area contributed by atoms with Gasteiger partial charge in [-0.25, -0.2) is 17.9 Å². The van der Waals surface area contributed by atoms with E-state index in [1.54, 1.807) is 24.3 Å². The molecule has 5 nitrogen and oxygen atoms in total. The number of sulfonamides is 1. The average molecular weight is 366 g/mol. The van der Waals surface area contributed by atoms with Crippen LogP contribution in [0.3, 0.4) is 0 Å². The van der Waals surface area contributed by atoms with Crippen LogP contribution in [-0.4, -0.2) is 21.6 Å². The zero-order chi connectivity index (χ0) is 18.4. The Balaban J connectivity index is 1.87. The first kappa shape index (κ1) is 19.4. The molecule has 0 fully saturated rings. The minimum Gasteiger partial charge on any atom is -0.492 e. The van der Waals surface area contributed by atoms with Crippen molar-refractivity contribution in [3.05, 3.63) is 59.9 Å². The third-order valence-corrected chi connectivity index (χ3v) is 4.71. The SMILES string of the molecule is CC(C)C(NCCOc1ccc(S(N)(=O)=O)cc1)c1ccc(F)cc1. The molecule has 2 aromatic carbocycles. The second kappa shape index (κ2) is 8.42. The summed E-state index contributed by atoms with van der Waals surface area (Å²) in [5.74, 6) is 0.647. The van der Waals surface area contributed by atoms with Crippen LogP contribution in [0.15, 0.2) is 53.4 Å². The summed E-state index contributed by atoms with van der Waals surface area (Å²) in [6, 6.07) is 12.5. The highest BCUT2D eigenvalue weighted by Gasteiger charge is 2.15. The Kier molecular flexibility index (Phi) is 6.52. The van der Waals surface area contributed by atoms with Crippen LogP contribution in [-0.2, 0) is 10.0 Å². The van der Waals surface area contributed by atoms with Crippen LogP contribution in [0, 0.1) is 11.7 Å². The molecule has 136 valence electrons. The molecule has 1 atom stereocenters. The topological polar surface area (TPSA) is 81.4 Å². The van der Waals surface area contributed by atoms with Gasteiger partial charge in [0, 0.05) is 12.6 Å². The zero-order valence-electron chi connectivity index (χ0n) is 14.3. The average Bonchev–Trinajstić information content (AvgIpc) is 2.55. The number of nitrogens with two attached hydrogens (primary N) is 1. The molecule has 1 unspecified atom stereocenters. The van der Waals surface area contributed by atoms with E-state index >= 15 is 0 Å². The second-order valence-electron chi connectivity index (χ2n) is 6.09. The number of nitrogens with one attached hydrogen (secondary N) is 1. The summed E-state index contributed by atoms with van der Waals surface area (Å²) >= 11 is 0. The number of rotatable bonds is 8. The maximum atomic E-state index is 13.1. The number of hydrogen-bond acceptors (Lipinski definition) is 4. The molecular formula is C18H23FN2O3S. The van der Waals surface area contributed by atoms with Gasteiger partial charge in [-0.3, -0.25) is 0 Å². The molecular weight excluding hydrogens is 343 g/mol. The van der Waals surface area contributed by atoms with Gasteiger partial charge in [-0.1, -0.05) is 26.0 Å². The van der Waals surface area contributed by atoms with Crippen LogP contribution in [0.4, 0.5) is 4.39 Å². The lowest BCUT2D eigenvalue weighted by Gasteiger charge is -2.23. The van der Waals surface area contributed by atoms with Gasteiger partial charge in [-0.2, -0.15) is 0 Å². The van der Waals surface area contributed by atoms with Crippen LogP contribution < -0.4 is 15.2 Å². The van der Waals surface area contributed by atoms with Gasteiger partial charge in [-0.05, 0) is 47.9 Å². The van der Waals surface area contributed by atoms with Crippen LogP contribution >= 0.6 is 0 Å². The van der Waals surface area contributed by atoms with Gasteiger partial charge in [0.2, 0.25) is 10.0 Å². The first-order valence-electron chi connectivity index (χ1n) is 8.02. The van der Waals surface area contributed by atoms with Crippen molar-refractivity contribution >= 4 is 10.0 Å². The van der Waals surface area contributed by atoms with Crippen LogP contribution in [0.2, 0.25) is 0 Å². The molecule has 0 bridgehead atoms.